The van der Waals surface area contributed by atoms with Crippen LogP contribution in [-0.2, 0) is 15.9 Å². The molecule has 5 heteroatoms. The Bertz CT molecular complexity index is 364. The summed E-state index contributed by atoms with van der Waals surface area (Å²) in [6.07, 6.45) is 3.78. The van der Waals surface area contributed by atoms with E-state index in [4.69, 9.17) is 9.47 Å². The molecule has 0 aliphatic carbocycles. The molecule has 1 aromatic rings. The molecule has 1 heterocycles. The third-order valence-electron chi connectivity index (χ3n) is 3.15. The maximum atomic E-state index is 9.24. The molecular weight excluding hydrogens is 231 g/mol. The van der Waals surface area contributed by atoms with Crippen LogP contribution in [0.2, 0.25) is 0 Å². The van der Waals surface area contributed by atoms with E-state index in [1.165, 1.54) is 0 Å². The summed E-state index contributed by atoms with van der Waals surface area (Å²) >= 11 is 0. The van der Waals surface area contributed by atoms with Crippen LogP contribution in [0.5, 0.6) is 0 Å². The van der Waals surface area contributed by atoms with Gasteiger partial charge in [0.2, 0.25) is 0 Å². The minimum absolute atomic E-state index is 0.0926. The molecule has 1 fully saturated rings. The molecule has 1 saturated heterocycles. The summed E-state index contributed by atoms with van der Waals surface area (Å²) in [6.45, 7) is 1.31. The summed E-state index contributed by atoms with van der Waals surface area (Å²) in [5, 5.41) is 18.5. The molecule has 1 aromatic carbocycles. The smallest absolute Gasteiger partial charge is 0.423 e. The van der Waals surface area contributed by atoms with Crippen LogP contribution in [0.1, 0.15) is 24.8 Å². The standard InChI is InChI=1S/C13H19BO4/c15-14(16)12-6-2-1-5-11(12)8-10-18-13-7-3-4-9-17-13/h1-2,5-6,13,15-16H,3-4,7-10H2/t13-/m1/s1. The van der Waals surface area contributed by atoms with Crippen LogP contribution in [0.25, 0.3) is 0 Å². The highest BCUT2D eigenvalue weighted by molar-refractivity contribution is 6.59. The minimum atomic E-state index is -1.42. The average molecular weight is 250 g/mol. The van der Waals surface area contributed by atoms with Gasteiger partial charge in [-0.15, -0.1) is 0 Å². The molecule has 0 bridgehead atoms. The van der Waals surface area contributed by atoms with E-state index in [-0.39, 0.29) is 6.29 Å². The first-order valence-corrected chi connectivity index (χ1v) is 6.44. The van der Waals surface area contributed by atoms with Crippen molar-refractivity contribution in [1.29, 1.82) is 0 Å². The number of benzene rings is 1. The molecule has 2 N–H and O–H groups in total. The fraction of sp³-hybridized carbons (Fsp3) is 0.538. The highest BCUT2D eigenvalue weighted by Gasteiger charge is 2.16. The van der Waals surface area contributed by atoms with Crippen LogP contribution in [0.15, 0.2) is 24.3 Å². The molecule has 0 spiro atoms. The topological polar surface area (TPSA) is 58.9 Å². The molecule has 1 atom stereocenters. The van der Waals surface area contributed by atoms with Crippen molar-refractivity contribution in [2.45, 2.75) is 32.0 Å². The highest BCUT2D eigenvalue weighted by atomic mass is 16.7. The number of ether oxygens (including phenoxy) is 2. The van der Waals surface area contributed by atoms with Crippen LogP contribution < -0.4 is 5.46 Å². The highest BCUT2D eigenvalue weighted by Crippen LogP contribution is 2.13. The maximum absolute atomic E-state index is 9.24. The van der Waals surface area contributed by atoms with Crippen LogP contribution in [-0.4, -0.2) is 36.7 Å². The van der Waals surface area contributed by atoms with E-state index in [0.717, 1.165) is 31.4 Å². The molecule has 0 aromatic heterocycles. The lowest BCUT2D eigenvalue weighted by Crippen LogP contribution is -2.33. The first-order chi connectivity index (χ1) is 8.77. The molecule has 0 radical (unpaired) electrons. The second-order valence-corrected chi connectivity index (χ2v) is 4.49. The van der Waals surface area contributed by atoms with Gasteiger partial charge in [-0.05, 0) is 36.7 Å². The van der Waals surface area contributed by atoms with Gasteiger partial charge in [0.25, 0.3) is 0 Å². The largest absolute Gasteiger partial charge is 0.488 e. The Morgan fingerprint density at radius 1 is 1.28 bits per heavy atom. The van der Waals surface area contributed by atoms with Crippen molar-refractivity contribution in [3.63, 3.8) is 0 Å². The zero-order valence-electron chi connectivity index (χ0n) is 10.4. The molecule has 1 aliphatic heterocycles. The Hall–Kier alpha value is -0.875. The molecule has 1 aliphatic rings. The molecular formula is C13H19BO4. The number of hydrogen-bond acceptors (Lipinski definition) is 4. The second-order valence-electron chi connectivity index (χ2n) is 4.49. The van der Waals surface area contributed by atoms with E-state index in [1.54, 1.807) is 12.1 Å². The zero-order valence-corrected chi connectivity index (χ0v) is 10.4. The Balaban J connectivity index is 1.82. The predicted molar refractivity (Wildman–Crippen MR) is 69.5 cm³/mol. The Labute approximate surface area is 108 Å². The molecule has 0 saturated carbocycles. The van der Waals surface area contributed by atoms with E-state index in [2.05, 4.69) is 0 Å². The van der Waals surface area contributed by atoms with Gasteiger partial charge in [-0.25, -0.2) is 0 Å². The molecule has 18 heavy (non-hydrogen) atoms. The van der Waals surface area contributed by atoms with Gasteiger partial charge >= 0.3 is 7.12 Å². The second kappa shape index (κ2) is 6.90. The van der Waals surface area contributed by atoms with Gasteiger partial charge in [0.15, 0.2) is 6.29 Å². The first kappa shape index (κ1) is 13.6. The molecule has 0 unspecified atom stereocenters. The number of rotatable bonds is 5. The normalized spacial score (nSPS) is 19.8. The van der Waals surface area contributed by atoms with E-state index in [1.807, 2.05) is 12.1 Å². The molecule has 2 rings (SSSR count). The minimum Gasteiger partial charge on any atom is -0.423 e. The third-order valence-corrected chi connectivity index (χ3v) is 3.15. The molecule has 0 amide bonds. The fourth-order valence-electron chi connectivity index (χ4n) is 2.16. The SMILES string of the molecule is OB(O)c1ccccc1CCO[C@@H]1CCCCO1. The van der Waals surface area contributed by atoms with Gasteiger partial charge in [-0.2, -0.15) is 0 Å². The van der Waals surface area contributed by atoms with Crippen molar-refractivity contribution in [3.8, 4) is 0 Å². The summed E-state index contributed by atoms with van der Waals surface area (Å²) in [7, 11) is -1.42. The van der Waals surface area contributed by atoms with Crippen LogP contribution in [0.4, 0.5) is 0 Å². The monoisotopic (exact) mass is 250 g/mol. The fourth-order valence-corrected chi connectivity index (χ4v) is 2.16. The quantitative estimate of drug-likeness (QED) is 0.745. The van der Waals surface area contributed by atoms with Crippen LogP contribution in [0, 0.1) is 0 Å². The summed E-state index contributed by atoms with van der Waals surface area (Å²) in [5.41, 5.74) is 1.45. The van der Waals surface area contributed by atoms with Gasteiger partial charge in [0.05, 0.1) is 6.61 Å². The van der Waals surface area contributed by atoms with Gasteiger partial charge in [0.1, 0.15) is 0 Å². The van der Waals surface area contributed by atoms with Gasteiger partial charge in [-0.3, -0.25) is 0 Å². The van der Waals surface area contributed by atoms with Crippen LogP contribution in [0.3, 0.4) is 0 Å². The summed E-state index contributed by atoms with van der Waals surface area (Å²) in [4.78, 5) is 0. The number of hydrogen-bond donors (Lipinski definition) is 2. The lowest BCUT2D eigenvalue weighted by molar-refractivity contribution is -0.161. The lowest BCUT2D eigenvalue weighted by atomic mass is 9.76. The van der Waals surface area contributed by atoms with E-state index in [0.29, 0.717) is 18.5 Å². The molecule has 4 nitrogen and oxygen atoms in total. The lowest BCUT2D eigenvalue weighted by Gasteiger charge is -2.22. The van der Waals surface area contributed by atoms with E-state index >= 15 is 0 Å². The summed E-state index contributed by atoms with van der Waals surface area (Å²) in [6, 6.07) is 7.29. The Morgan fingerprint density at radius 3 is 2.83 bits per heavy atom. The van der Waals surface area contributed by atoms with Crippen molar-refractivity contribution in [3.05, 3.63) is 29.8 Å². The van der Waals surface area contributed by atoms with Crippen molar-refractivity contribution >= 4 is 12.6 Å². The van der Waals surface area contributed by atoms with Gasteiger partial charge < -0.3 is 19.5 Å². The van der Waals surface area contributed by atoms with Gasteiger partial charge in [0, 0.05) is 6.61 Å². The zero-order chi connectivity index (χ0) is 12.8. The van der Waals surface area contributed by atoms with E-state index < -0.39 is 7.12 Å². The van der Waals surface area contributed by atoms with E-state index in [9.17, 15) is 10.0 Å². The van der Waals surface area contributed by atoms with Crippen molar-refractivity contribution < 1.29 is 19.5 Å². The summed E-state index contributed by atoms with van der Waals surface area (Å²) in [5.74, 6) is 0. The Kier molecular flexibility index (Phi) is 5.19. The van der Waals surface area contributed by atoms with Crippen molar-refractivity contribution in [1.82, 2.24) is 0 Å². The first-order valence-electron chi connectivity index (χ1n) is 6.44. The summed E-state index contributed by atoms with van der Waals surface area (Å²) < 4.78 is 11.1. The van der Waals surface area contributed by atoms with Gasteiger partial charge in [-0.1, -0.05) is 24.3 Å². The van der Waals surface area contributed by atoms with Crippen molar-refractivity contribution in [2.24, 2.45) is 0 Å². The maximum Gasteiger partial charge on any atom is 0.488 e. The van der Waals surface area contributed by atoms with Crippen LogP contribution >= 0.6 is 0 Å². The Morgan fingerprint density at radius 2 is 2.11 bits per heavy atom. The third kappa shape index (κ3) is 3.81. The van der Waals surface area contributed by atoms with Crippen molar-refractivity contribution in [2.75, 3.05) is 13.2 Å². The molecule has 98 valence electrons. The average Bonchev–Trinajstić information content (AvgIpc) is 2.40. The predicted octanol–water partition coefficient (Wildman–Crippen LogP) is 0.452.